The summed E-state index contributed by atoms with van der Waals surface area (Å²) in [4.78, 5) is 12.5. The molecule has 0 aromatic heterocycles. The Labute approximate surface area is 146 Å². The number of ether oxygens (including phenoxy) is 1. The van der Waals surface area contributed by atoms with Gasteiger partial charge in [0.05, 0.1) is 23.5 Å². The molecule has 1 N–H and O–H groups in total. The Morgan fingerprint density at radius 3 is 2.61 bits per heavy atom. The molecule has 1 aliphatic rings. The summed E-state index contributed by atoms with van der Waals surface area (Å²) < 4.78 is 28.2. The van der Waals surface area contributed by atoms with E-state index in [-0.39, 0.29) is 22.1 Å². The Morgan fingerprint density at radius 2 is 2.04 bits per heavy atom. The van der Waals surface area contributed by atoms with Gasteiger partial charge in [-0.3, -0.25) is 5.32 Å². The van der Waals surface area contributed by atoms with Crippen LogP contribution in [0.5, 0.6) is 0 Å². The van der Waals surface area contributed by atoms with E-state index in [0.717, 1.165) is 17.7 Å². The third-order valence-electron chi connectivity index (χ3n) is 3.35. The zero-order chi connectivity index (χ0) is 16.9. The van der Waals surface area contributed by atoms with E-state index in [4.69, 9.17) is 16.3 Å². The van der Waals surface area contributed by atoms with Crippen LogP contribution in [0.4, 0.5) is 10.5 Å². The van der Waals surface area contributed by atoms with E-state index >= 15 is 0 Å². The number of nitrogens with one attached hydrogen (secondary N) is 1. The molecule has 0 unspecified atom stereocenters. The molecule has 5 nitrogen and oxygen atoms in total. The molecular weight excluding hydrogens is 358 g/mol. The van der Waals surface area contributed by atoms with Crippen LogP contribution in [0.3, 0.4) is 0 Å². The first kappa shape index (κ1) is 18.4. The predicted octanol–water partition coefficient (Wildman–Crippen LogP) is 3.53. The van der Waals surface area contributed by atoms with Crippen molar-refractivity contribution >= 4 is 45.0 Å². The van der Waals surface area contributed by atoms with E-state index in [1.165, 1.54) is 11.8 Å². The number of halogens is 1. The molecule has 1 heterocycles. The van der Waals surface area contributed by atoms with Crippen molar-refractivity contribution in [3.8, 4) is 0 Å². The average Bonchev–Trinajstić information content (AvgIpc) is 2.73. The Kier molecular flexibility index (Phi) is 6.61. The van der Waals surface area contributed by atoms with Crippen molar-refractivity contribution in [2.75, 3.05) is 23.4 Å². The number of amides is 1. The Morgan fingerprint density at radius 1 is 1.35 bits per heavy atom. The van der Waals surface area contributed by atoms with Gasteiger partial charge in [-0.1, -0.05) is 13.3 Å². The largest absolute Gasteiger partial charge is 0.449 e. The highest BCUT2D eigenvalue weighted by molar-refractivity contribution is 8.02. The number of anilines is 1. The first-order chi connectivity index (χ1) is 10.9. The van der Waals surface area contributed by atoms with Crippen LogP contribution in [0.1, 0.15) is 19.8 Å². The van der Waals surface area contributed by atoms with Gasteiger partial charge in [-0.05, 0) is 30.7 Å². The molecule has 1 saturated heterocycles. The fraction of sp³-hybridized carbons (Fsp3) is 0.533. The lowest BCUT2D eigenvalue weighted by molar-refractivity contribution is 0.160. The van der Waals surface area contributed by atoms with Gasteiger partial charge in [0, 0.05) is 15.8 Å². The predicted molar refractivity (Wildman–Crippen MR) is 94.3 cm³/mol. The Hall–Kier alpha value is -0.920. The van der Waals surface area contributed by atoms with E-state index in [2.05, 4.69) is 5.32 Å². The molecule has 0 spiro atoms. The van der Waals surface area contributed by atoms with Crippen LogP contribution in [0, 0.1) is 0 Å². The highest BCUT2D eigenvalue weighted by Gasteiger charge is 2.36. The van der Waals surface area contributed by atoms with Crippen LogP contribution in [0.15, 0.2) is 29.2 Å². The molecule has 2 atom stereocenters. The van der Waals surface area contributed by atoms with Crippen LogP contribution in [0.2, 0.25) is 0 Å². The zero-order valence-electron chi connectivity index (χ0n) is 12.8. The summed E-state index contributed by atoms with van der Waals surface area (Å²) in [5.74, 6) is 0.144. The fourth-order valence-corrected chi connectivity index (χ4v) is 6.55. The minimum absolute atomic E-state index is 0.0372. The summed E-state index contributed by atoms with van der Waals surface area (Å²) in [6.45, 7) is 2.43. The molecule has 23 heavy (non-hydrogen) atoms. The van der Waals surface area contributed by atoms with Crippen molar-refractivity contribution in [2.45, 2.75) is 35.3 Å². The third-order valence-corrected chi connectivity index (χ3v) is 7.43. The minimum atomic E-state index is -3.03. The normalized spacial score (nSPS) is 22.7. The monoisotopic (exact) mass is 377 g/mol. The van der Waals surface area contributed by atoms with Crippen molar-refractivity contribution in [1.82, 2.24) is 0 Å². The molecule has 1 amide bonds. The molecule has 2 rings (SSSR count). The molecule has 1 aliphatic heterocycles. The van der Waals surface area contributed by atoms with Gasteiger partial charge in [-0.25, -0.2) is 13.2 Å². The average molecular weight is 378 g/mol. The summed E-state index contributed by atoms with van der Waals surface area (Å²) in [5.41, 5.74) is 0.636. The van der Waals surface area contributed by atoms with Crippen LogP contribution >= 0.6 is 23.4 Å². The third kappa shape index (κ3) is 5.90. The van der Waals surface area contributed by atoms with Gasteiger partial charge in [-0.15, -0.1) is 23.4 Å². The number of benzene rings is 1. The number of alkyl halides is 1. The molecule has 1 aromatic carbocycles. The van der Waals surface area contributed by atoms with Gasteiger partial charge >= 0.3 is 6.09 Å². The van der Waals surface area contributed by atoms with Gasteiger partial charge in [0.1, 0.15) is 0 Å². The number of sulfone groups is 1. The Balaban J connectivity index is 1.86. The van der Waals surface area contributed by atoms with Gasteiger partial charge in [0.15, 0.2) is 9.84 Å². The van der Waals surface area contributed by atoms with Crippen molar-refractivity contribution in [1.29, 1.82) is 0 Å². The van der Waals surface area contributed by atoms with E-state index in [0.29, 0.717) is 12.3 Å². The second kappa shape index (κ2) is 8.26. The smallest absolute Gasteiger partial charge is 0.411 e. The summed E-state index contributed by atoms with van der Waals surface area (Å²) in [7, 11) is -3.03. The molecule has 1 aromatic rings. The molecule has 0 saturated carbocycles. The van der Waals surface area contributed by atoms with Crippen LogP contribution < -0.4 is 5.32 Å². The maximum absolute atomic E-state index is 11.6. The summed E-state index contributed by atoms with van der Waals surface area (Å²) in [6, 6.07) is 7.19. The van der Waals surface area contributed by atoms with E-state index in [1.807, 2.05) is 19.1 Å². The first-order valence-corrected chi connectivity index (χ1v) is 10.6. The minimum Gasteiger partial charge on any atom is -0.449 e. The number of unbranched alkanes of at least 4 members (excludes halogenated alkanes) is 1. The van der Waals surface area contributed by atoms with Gasteiger partial charge in [0.2, 0.25) is 0 Å². The second-order valence-electron chi connectivity index (χ2n) is 5.39. The van der Waals surface area contributed by atoms with E-state index < -0.39 is 15.9 Å². The molecule has 0 radical (unpaired) electrons. The lowest BCUT2D eigenvalue weighted by Gasteiger charge is -2.12. The lowest BCUT2D eigenvalue weighted by atomic mass is 10.3. The second-order valence-corrected chi connectivity index (χ2v) is 9.42. The SMILES string of the molecule is CCCCOC(=O)Nc1ccc(S[C@@H]2CS(=O)(=O)C[C@H]2Cl)cc1. The molecule has 8 heteroatoms. The molecule has 128 valence electrons. The molecule has 1 fully saturated rings. The van der Waals surface area contributed by atoms with Gasteiger partial charge < -0.3 is 4.74 Å². The van der Waals surface area contributed by atoms with Crippen molar-refractivity contribution < 1.29 is 17.9 Å². The lowest BCUT2D eigenvalue weighted by Crippen LogP contribution is -2.14. The maximum Gasteiger partial charge on any atom is 0.411 e. The number of rotatable bonds is 6. The molecular formula is C15H20ClNO4S2. The van der Waals surface area contributed by atoms with Gasteiger partial charge in [0.25, 0.3) is 0 Å². The van der Waals surface area contributed by atoms with E-state index in [1.54, 1.807) is 12.1 Å². The van der Waals surface area contributed by atoms with Crippen molar-refractivity contribution in [3.05, 3.63) is 24.3 Å². The zero-order valence-corrected chi connectivity index (χ0v) is 15.2. The molecule has 0 bridgehead atoms. The van der Waals surface area contributed by atoms with Crippen LogP contribution in [-0.4, -0.2) is 43.3 Å². The maximum atomic E-state index is 11.6. The number of hydrogen-bond donors (Lipinski definition) is 1. The van der Waals surface area contributed by atoms with E-state index in [9.17, 15) is 13.2 Å². The number of thioether (sulfide) groups is 1. The van der Waals surface area contributed by atoms with Gasteiger partial charge in [-0.2, -0.15) is 0 Å². The fourth-order valence-electron chi connectivity index (χ4n) is 2.14. The number of carbonyl (C=O) groups is 1. The van der Waals surface area contributed by atoms with Crippen LogP contribution in [0.25, 0.3) is 0 Å². The number of hydrogen-bond acceptors (Lipinski definition) is 5. The van der Waals surface area contributed by atoms with Crippen molar-refractivity contribution in [3.63, 3.8) is 0 Å². The summed E-state index contributed by atoms with van der Waals surface area (Å²) in [5, 5.41) is 2.15. The highest BCUT2D eigenvalue weighted by atomic mass is 35.5. The van der Waals surface area contributed by atoms with Crippen molar-refractivity contribution in [2.24, 2.45) is 0 Å². The highest BCUT2D eigenvalue weighted by Crippen LogP contribution is 2.34. The first-order valence-electron chi connectivity index (χ1n) is 7.44. The summed E-state index contributed by atoms with van der Waals surface area (Å²) in [6.07, 6.45) is 1.34. The standard InChI is InChI=1S/C15H20ClNO4S2/c1-2-3-8-21-15(18)17-11-4-6-12(7-5-11)22-14-10-23(19,20)9-13(14)16/h4-7,13-14H,2-3,8-10H2,1H3,(H,17,18)/t13-,14-/m1/s1. The molecule has 0 aliphatic carbocycles. The Bertz CT molecular complexity index is 633. The summed E-state index contributed by atoms with van der Waals surface area (Å²) >= 11 is 7.55. The topological polar surface area (TPSA) is 72.5 Å². The number of carbonyl (C=O) groups excluding carboxylic acids is 1. The quantitative estimate of drug-likeness (QED) is 0.606. The van der Waals surface area contributed by atoms with Crippen LogP contribution in [-0.2, 0) is 14.6 Å².